The molecule has 3 aromatic rings. The summed E-state index contributed by atoms with van der Waals surface area (Å²) < 4.78 is 11.1. The van der Waals surface area contributed by atoms with Gasteiger partial charge in [-0.2, -0.15) is 5.26 Å². The zero-order chi connectivity index (χ0) is 25.8. The second kappa shape index (κ2) is 10.4. The molecular weight excluding hydrogens is 456 g/mol. The number of aryl methyl sites for hydroxylation is 1. The van der Waals surface area contributed by atoms with Crippen molar-refractivity contribution in [1.82, 2.24) is 0 Å². The third-order valence-electron chi connectivity index (χ3n) is 6.00. The highest BCUT2D eigenvalue weighted by atomic mass is 16.5. The van der Waals surface area contributed by atoms with Crippen LogP contribution in [0.15, 0.2) is 72.3 Å². The standard InChI is InChI=1S/C29H26N2O5/c1-4-15-36-22-12-8-20(9-13-22)26-25(27(32)23-16-18(2)5-14-24(23)35-3)28(33)29(34)31(26)21-10-6-19(17-30)7-11-21/h5-14,16,26,32H,4,15H2,1-3H3/b27-25+. The fraction of sp³-hybridized carbons (Fsp3) is 0.207. The van der Waals surface area contributed by atoms with E-state index in [1.54, 1.807) is 60.7 Å². The highest BCUT2D eigenvalue weighted by molar-refractivity contribution is 6.51. The zero-order valence-corrected chi connectivity index (χ0v) is 20.3. The number of benzene rings is 3. The Morgan fingerprint density at radius 2 is 1.75 bits per heavy atom. The van der Waals surface area contributed by atoms with E-state index in [2.05, 4.69) is 0 Å². The first-order valence-corrected chi connectivity index (χ1v) is 11.6. The molecule has 7 nitrogen and oxygen atoms in total. The van der Waals surface area contributed by atoms with Crippen LogP contribution < -0.4 is 14.4 Å². The molecule has 0 aromatic heterocycles. The molecule has 7 heteroatoms. The van der Waals surface area contributed by atoms with E-state index in [4.69, 9.17) is 14.7 Å². The molecule has 3 aromatic carbocycles. The maximum Gasteiger partial charge on any atom is 0.300 e. The van der Waals surface area contributed by atoms with Crippen molar-refractivity contribution in [1.29, 1.82) is 5.26 Å². The van der Waals surface area contributed by atoms with Gasteiger partial charge < -0.3 is 14.6 Å². The molecule has 1 fully saturated rings. The van der Waals surface area contributed by atoms with Gasteiger partial charge in [0, 0.05) is 5.69 Å². The number of aliphatic hydroxyl groups is 1. The van der Waals surface area contributed by atoms with Gasteiger partial charge in [0.25, 0.3) is 11.7 Å². The number of ketones is 1. The molecule has 1 aliphatic rings. The number of methoxy groups -OCH3 is 1. The van der Waals surface area contributed by atoms with Crippen molar-refractivity contribution in [2.45, 2.75) is 26.3 Å². The molecule has 1 heterocycles. The minimum Gasteiger partial charge on any atom is -0.507 e. The van der Waals surface area contributed by atoms with E-state index >= 15 is 0 Å². The maximum absolute atomic E-state index is 13.4. The number of carbonyl (C=O) groups excluding carboxylic acids is 2. The molecule has 0 saturated carbocycles. The average molecular weight is 483 g/mol. The van der Waals surface area contributed by atoms with Crippen molar-refractivity contribution < 1.29 is 24.2 Å². The molecule has 0 spiro atoms. The second-order valence-corrected chi connectivity index (χ2v) is 8.45. The quantitative estimate of drug-likeness (QED) is 0.279. The van der Waals surface area contributed by atoms with Crippen LogP contribution in [0.25, 0.3) is 5.76 Å². The molecule has 1 N–H and O–H groups in total. The Balaban J connectivity index is 1.91. The van der Waals surface area contributed by atoms with E-state index in [1.807, 2.05) is 26.0 Å². The van der Waals surface area contributed by atoms with E-state index in [-0.39, 0.29) is 11.3 Å². The van der Waals surface area contributed by atoms with Crippen LogP contribution in [0.2, 0.25) is 0 Å². The summed E-state index contributed by atoms with van der Waals surface area (Å²) in [7, 11) is 1.48. The lowest BCUT2D eigenvalue weighted by molar-refractivity contribution is -0.132. The van der Waals surface area contributed by atoms with Crippen molar-refractivity contribution in [2.24, 2.45) is 0 Å². The van der Waals surface area contributed by atoms with Crippen molar-refractivity contribution in [3.63, 3.8) is 0 Å². The maximum atomic E-state index is 13.4. The number of nitriles is 1. The number of rotatable bonds is 7. The van der Waals surface area contributed by atoms with Gasteiger partial charge in [0.05, 0.1) is 42.5 Å². The van der Waals surface area contributed by atoms with Crippen molar-refractivity contribution in [3.8, 4) is 17.6 Å². The number of amides is 1. The van der Waals surface area contributed by atoms with Crippen LogP contribution >= 0.6 is 0 Å². The summed E-state index contributed by atoms with van der Waals surface area (Å²) in [5.74, 6) is -0.858. The van der Waals surface area contributed by atoms with Gasteiger partial charge in [-0.3, -0.25) is 14.5 Å². The second-order valence-electron chi connectivity index (χ2n) is 8.45. The minimum absolute atomic E-state index is 0.0458. The Hall–Kier alpha value is -4.57. The Bertz CT molecular complexity index is 1370. The fourth-order valence-electron chi connectivity index (χ4n) is 4.23. The number of ether oxygens (including phenoxy) is 2. The van der Waals surface area contributed by atoms with Gasteiger partial charge in [-0.05, 0) is 67.4 Å². The first-order chi connectivity index (χ1) is 17.4. The summed E-state index contributed by atoms with van der Waals surface area (Å²) in [5, 5.41) is 20.6. The van der Waals surface area contributed by atoms with Crippen LogP contribution in [0.3, 0.4) is 0 Å². The predicted molar refractivity (Wildman–Crippen MR) is 136 cm³/mol. The molecule has 182 valence electrons. The molecular formula is C29H26N2O5. The summed E-state index contributed by atoms with van der Waals surface area (Å²) in [6.07, 6.45) is 0.860. The van der Waals surface area contributed by atoms with Crippen molar-refractivity contribution in [3.05, 3.63) is 94.6 Å². The normalized spacial score (nSPS) is 16.6. The molecule has 4 rings (SSSR count). The summed E-state index contributed by atoms with van der Waals surface area (Å²) >= 11 is 0. The average Bonchev–Trinajstić information content (AvgIpc) is 3.17. The number of aliphatic hydroxyl groups excluding tert-OH is 1. The Morgan fingerprint density at radius 1 is 1.06 bits per heavy atom. The largest absolute Gasteiger partial charge is 0.507 e. The SMILES string of the molecule is CCCOc1ccc(C2/C(=C(\O)c3cc(C)ccc3OC)C(=O)C(=O)N2c2ccc(C#N)cc2)cc1. The van der Waals surface area contributed by atoms with Gasteiger partial charge in [0.1, 0.15) is 17.3 Å². The Morgan fingerprint density at radius 3 is 2.36 bits per heavy atom. The van der Waals surface area contributed by atoms with Gasteiger partial charge in [0.15, 0.2) is 0 Å². The molecule has 1 atom stereocenters. The monoisotopic (exact) mass is 482 g/mol. The van der Waals surface area contributed by atoms with E-state index in [9.17, 15) is 14.7 Å². The van der Waals surface area contributed by atoms with Gasteiger partial charge >= 0.3 is 0 Å². The third-order valence-corrected chi connectivity index (χ3v) is 6.00. The summed E-state index contributed by atoms with van der Waals surface area (Å²) in [4.78, 5) is 28.1. The molecule has 0 bridgehead atoms. The lowest BCUT2D eigenvalue weighted by atomic mass is 9.94. The topological polar surface area (TPSA) is 99.9 Å². The van der Waals surface area contributed by atoms with Crippen molar-refractivity contribution >= 4 is 23.1 Å². The fourth-order valence-corrected chi connectivity index (χ4v) is 4.23. The highest BCUT2D eigenvalue weighted by Gasteiger charge is 2.47. The number of Topliss-reactive ketones (excluding diaryl/α,β-unsaturated/α-hetero) is 1. The van der Waals surface area contributed by atoms with Crippen LogP contribution in [0.4, 0.5) is 5.69 Å². The van der Waals surface area contributed by atoms with Gasteiger partial charge in [-0.15, -0.1) is 0 Å². The van der Waals surface area contributed by atoms with Crippen LogP contribution in [0.5, 0.6) is 11.5 Å². The van der Waals surface area contributed by atoms with E-state index in [0.717, 1.165) is 12.0 Å². The Labute approximate surface area is 209 Å². The Kier molecular flexibility index (Phi) is 7.07. The number of carbonyl (C=O) groups is 2. The first kappa shape index (κ1) is 24.6. The number of anilines is 1. The number of hydrogen-bond donors (Lipinski definition) is 1. The first-order valence-electron chi connectivity index (χ1n) is 11.6. The van der Waals surface area contributed by atoms with E-state index < -0.39 is 17.7 Å². The lowest BCUT2D eigenvalue weighted by Gasteiger charge is -2.26. The molecule has 0 radical (unpaired) electrons. The minimum atomic E-state index is -0.900. The smallest absolute Gasteiger partial charge is 0.300 e. The number of hydrogen-bond acceptors (Lipinski definition) is 6. The van der Waals surface area contributed by atoms with Crippen LogP contribution in [-0.4, -0.2) is 30.5 Å². The molecule has 1 amide bonds. The summed E-state index contributed by atoms with van der Waals surface area (Å²) in [6, 6.07) is 19.9. The van der Waals surface area contributed by atoms with E-state index in [0.29, 0.717) is 40.5 Å². The van der Waals surface area contributed by atoms with Crippen LogP contribution in [0.1, 0.15) is 41.6 Å². The molecule has 0 aliphatic carbocycles. The molecule has 36 heavy (non-hydrogen) atoms. The van der Waals surface area contributed by atoms with Gasteiger partial charge in [-0.1, -0.05) is 30.7 Å². The number of nitrogens with zero attached hydrogens (tertiary/aromatic N) is 2. The van der Waals surface area contributed by atoms with Crippen molar-refractivity contribution in [2.75, 3.05) is 18.6 Å². The predicted octanol–water partition coefficient (Wildman–Crippen LogP) is 5.29. The van der Waals surface area contributed by atoms with Gasteiger partial charge in [0.2, 0.25) is 0 Å². The molecule has 1 aliphatic heterocycles. The third kappa shape index (κ3) is 4.53. The molecule has 1 unspecified atom stereocenters. The highest BCUT2D eigenvalue weighted by Crippen LogP contribution is 2.43. The molecule has 1 saturated heterocycles. The summed E-state index contributed by atoms with van der Waals surface area (Å²) in [6.45, 7) is 4.44. The summed E-state index contributed by atoms with van der Waals surface area (Å²) in [5.41, 5.74) is 2.61. The van der Waals surface area contributed by atoms with Gasteiger partial charge in [-0.25, -0.2) is 0 Å². The van der Waals surface area contributed by atoms with E-state index in [1.165, 1.54) is 12.0 Å². The van der Waals surface area contributed by atoms with Crippen LogP contribution in [0, 0.1) is 18.3 Å². The lowest BCUT2D eigenvalue weighted by Crippen LogP contribution is -2.29. The zero-order valence-electron chi connectivity index (χ0n) is 20.3. The van der Waals surface area contributed by atoms with Crippen LogP contribution in [-0.2, 0) is 9.59 Å².